The first-order valence-electron chi connectivity index (χ1n) is 3.81. The van der Waals surface area contributed by atoms with Gasteiger partial charge in [-0.1, -0.05) is 0 Å². The highest BCUT2D eigenvalue weighted by Crippen LogP contribution is 2.37. The molecule has 0 spiro atoms. The molecule has 9 heteroatoms. The molecule has 88 valence electrons. The number of hydrogen-bond acceptors (Lipinski definition) is 1. The molecule has 0 saturated carbocycles. The molecule has 1 aliphatic rings. The van der Waals surface area contributed by atoms with Crippen molar-refractivity contribution < 1.29 is 31.1 Å². The van der Waals surface area contributed by atoms with Gasteiger partial charge in [-0.15, -0.1) is 0 Å². The number of hydrogen-bond donors (Lipinski definition) is 1. The van der Waals surface area contributed by atoms with Gasteiger partial charge in [0.25, 0.3) is 6.17 Å². The van der Waals surface area contributed by atoms with Crippen LogP contribution >= 0.6 is 0 Å². The Morgan fingerprint density at radius 2 is 1.80 bits per heavy atom. The van der Waals surface area contributed by atoms with E-state index >= 15 is 0 Å². The predicted octanol–water partition coefficient (Wildman–Crippen LogP) is 1.50. The molecular formula is C6H6F6N2O. The van der Waals surface area contributed by atoms with Crippen LogP contribution in [0.25, 0.3) is 0 Å². The Hall–Kier alpha value is -1.15. The van der Waals surface area contributed by atoms with Gasteiger partial charge in [0.2, 0.25) is 0 Å². The van der Waals surface area contributed by atoms with Crippen molar-refractivity contribution in [1.29, 1.82) is 0 Å². The van der Waals surface area contributed by atoms with E-state index in [9.17, 15) is 31.1 Å². The van der Waals surface area contributed by atoms with Crippen LogP contribution in [0.2, 0.25) is 0 Å². The van der Waals surface area contributed by atoms with Crippen LogP contribution in [-0.4, -0.2) is 42.4 Å². The Bertz CT molecular complexity index is 265. The summed E-state index contributed by atoms with van der Waals surface area (Å²) in [7, 11) is 0. The summed E-state index contributed by atoms with van der Waals surface area (Å²) in [6, 6.07) is -6.29. The molecule has 1 rings (SSSR count). The Morgan fingerprint density at radius 1 is 1.27 bits per heavy atom. The smallest absolute Gasteiger partial charge is 0.336 e. The summed E-state index contributed by atoms with van der Waals surface area (Å²) in [6.07, 6.45) is -10.1. The lowest BCUT2D eigenvalue weighted by molar-refractivity contribution is -0.276. The second kappa shape index (κ2) is 3.46. The van der Waals surface area contributed by atoms with Crippen LogP contribution in [0.4, 0.5) is 31.1 Å². The van der Waals surface area contributed by atoms with Crippen LogP contribution in [-0.2, 0) is 0 Å². The highest BCUT2D eigenvalue weighted by Gasteiger charge is 2.61. The van der Waals surface area contributed by atoms with Crippen LogP contribution in [0, 0.1) is 0 Å². The zero-order valence-corrected chi connectivity index (χ0v) is 7.11. The molecule has 0 aliphatic carbocycles. The lowest BCUT2D eigenvalue weighted by atomic mass is 10.3. The molecule has 1 fully saturated rings. The molecule has 1 atom stereocenters. The van der Waals surface area contributed by atoms with Gasteiger partial charge >= 0.3 is 18.3 Å². The molecule has 15 heavy (non-hydrogen) atoms. The third kappa shape index (κ3) is 2.10. The molecule has 1 unspecified atom stereocenters. The molecule has 1 N–H and O–H groups in total. The van der Waals surface area contributed by atoms with E-state index in [1.54, 1.807) is 0 Å². The monoisotopic (exact) mass is 236 g/mol. The number of urea groups is 1. The summed E-state index contributed by atoms with van der Waals surface area (Å²) in [5.41, 5.74) is 0. The predicted molar refractivity (Wildman–Crippen MR) is 36.0 cm³/mol. The lowest BCUT2D eigenvalue weighted by Gasteiger charge is -2.29. The molecule has 1 saturated heterocycles. The van der Waals surface area contributed by atoms with Crippen molar-refractivity contribution in [3.8, 4) is 0 Å². The molecule has 0 bridgehead atoms. The van der Waals surface area contributed by atoms with Crippen LogP contribution in [0.5, 0.6) is 0 Å². The maximum atomic E-state index is 12.8. The molecule has 0 radical (unpaired) electrons. The summed E-state index contributed by atoms with van der Waals surface area (Å²) >= 11 is 0. The fourth-order valence-electron chi connectivity index (χ4n) is 1.09. The highest BCUT2D eigenvalue weighted by molar-refractivity contribution is 5.76. The van der Waals surface area contributed by atoms with Crippen LogP contribution < -0.4 is 5.32 Å². The zero-order valence-electron chi connectivity index (χ0n) is 7.11. The number of carbonyl (C=O) groups excluding carboxylic acids is 1. The molecule has 2 amide bonds. The maximum absolute atomic E-state index is 12.8. The minimum Gasteiger partial charge on any atom is -0.336 e. The Morgan fingerprint density at radius 3 is 2.13 bits per heavy atom. The number of halogens is 6. The van der Waals surface area contributed by atoms with Crippen molar-refractivity contribution in [3.05, 3.63) is 0 Å². The van der Waals surface area contributed by atoms with Gasteiger partial charge in [0.1, 0.15) is 0 Å². The fraction of sp³-hybridized carbons (Fsp3) is 0.833. The first-order valence-corrected chi connectivity index (χ1v) is 3.81. The van der Waals surface area contributed by atoms with Crippen LogP contribution in [0.15, 0.2) is 0 Å². The molecule has 1 aliphatic heterocycles. The molecule has 0 aromatic rings. The minimum absolute atomic E-state index is 0.237. The zero-order chi connectivity index (χ0) is 11.9. The van der Waals surface area contributed by atoms with Crippen molar-refractivity contribution in [1.82, 2.24) is 10.2 Å². The number of nitrogens with one attached hydrogen (secondary N) is 1. The van der Waals surface area contributed by atoms with Crippen molar-refractivity contribution in [2.75, 3.05) is 13.1 Å². The summed E-state index contributed by atoms with van der Waals surface area (Å²) < 4.78 is 73.2. The fourth-order valence-corrected chi connectivity index (χ4v) is 1.09. The van der Waals surface area contributed by atoms with E-state index < -0.39 is 35.9 Å². The van der Waals surface area contributed by atoms with Gasteiger partial charge in [0, 0.05) is 13.1 Å². The number of alkyl halides is 6. The molecule has 0 aromatic carbocycles. The Labute approximate surface area is 80.0 Å². The number of amides is 2. The topological polar surface area (TPSA) is 32.3 Å². The van der Waals surface area contributed by atoms with E-state index in [1.165, 1.54) is 0 Å². The molecule has 1 heterocycles. The minimum atomic E-state index is -5.70. The van der Waals surface area contributed by atoms with Gasteiger partial charge in [0.05, 0.1) is 0 Å². The van der Waals surface area contributed by atoms with E-state index in [2.05, 4.69) is 0 Å². The molecular weight excluding hydrogens is 230 g/mol. The quantitative estimate of drug-likeness (QED) is 0.572. The van der Waals surface area contributed by atoms with E-state index in [1.807, 2.05) is 5.32 Å². The van der Waals surface area contributed by atoms with Gasteiger partial charge in [-0.3, -0.25) is 4.90 Å². The van der Waals surface area contributed by atoms with E-state index in [0.717, 1.165) is 0 Å². The summed E-state index contributed by atoms with van der Waals surface area (Å²) in [5.74, 6) is 0. The van der Waals surface area contributed by atoms with Crippen LogP contribution in [0.1, 0.15) is 0 Å². The maximum Gasteiger partial charge on any atom is 0.427 e. The standard InChI is InChI=1S/C6H6F6N2O/c7-3(5(8,9)10)6(11,12)14-2-1-13-4(14)15/h3H,1-2H2,(H,13,15). The summed E-state index contributed by atoms with van der Waals surface area (Å²) in [5, 5.41) is 1.86. The van der Waals surface area contributed by atoms with Crippen molar-refractivity contribution in [2.45, 2.75) is 18.4 Å². The van der Waals surface area contributed by atoms with Crippen molar-refractivity contribution >= 4 is 6.03 Å². The van der Waals surface area contributed by atoms with Gasteiger partial charge in [-0.2, -0.15) is 22.0 Å². The van der Waals surface area contributed by atoms with Crippen molar-refractivity contribution in [3.63, 3.8) is 0 Å². The number of rotatable bonds is 2. The lowest BCUT2D eigenvalue weighted by Crippen LogP contribution is -2.54. The Kier molecular flexibility index (Phi) is 2.75. The van der Waals surface area contributed by atoms with Gasteiger partial charge < -0.3 is 5.32 Å². The highest BCUT2D eigenvalue weighted by atomic mass is 19.4. The van der Waals surface area contributed by atoms with Gasteiger partial charge in [-0.05, 0) is 0 Å². The average Bonchev–Trinajstić information content (AvgIpc) is 2.48. The SMILES string of the molecule is O=C1NCCN1C(F)(F)C(F)C(F)(F)F. The van der Waals surface area contributed by atoms with Crippen molar-refractivity contribution in [2.24, 2.45) is 0 Å². The van der Waals surface area contributed by atoms with E-state index in [-0.39, 0.29) is 6.54 Å². The first-order chi connectivity index (χ1) is 6.67. The number of carbonyl (C=O) groups is 1. The molecule has 3 nitrogen and oxygen atoms in total. The summed E-state index contributed by atoms with van der Waals surface area (Å²) in [6.45, 7) is -0.901. The largest absolute Gasteiger partial charge is 0.427 e. The Balaban J connectivity index is 2.86. The first kappa shape index (κ1) is 11.9. The van der Waals surface area contributed by atoms with Crippen LogP contribution in [0.3, 0.4) is 0 Å². The second-order valence-corrected chi connectivity index (χ2v) is 2.88. The van der Waals surface area contributed by atoms with E-state index in [4.69, 9.17) is 0 Å². The second-order valence-electron chi connectivity index (χ2n) is 2.88. The average molecular weight is 236 g/mol. The number of nitrogens with zero attached hydrogens (tertiary/aromatic N) is 1. The van der Waals surface area contributed by atoms with Gasteiger partial charge in [-0.25, -0.2) is 9.18 Å². The summed E-state index contributed by atoms with van der Waals surface area (Å²) in [4.78, 5) is 10.2. The van der Waals surface area contributed by atoms with E-state index in [0.29, 0.717) is 0 Å². The van der Waals surface area contributed by atoms with Gasteiger partial charge in [0.15, 0.2) is 0 Å². The normalized spacial score (nSPS) is 20.4. The third-order valence-corrected chi connectivity index (χ3v) is 1.81. The third-order valence-electron chi connectivity index (χ3n) is 1.81. The molecule has 0 aromatic heterocycles.